The molecule has 0 aliphatic rings. The van der Waals surface area contributed by atoms with Gasteiger partial charge in [0.2, 0.25) is 0 Å². The number of aromatic nitrogens is 2. The largest absolute Gasteiger partial charge is 0.240 e. The molecule has 0 N–H and O–H groups in total. The Morgan fingerprint density at radius 3 is 2.58 bits per heavy atom. The normalized spacial score (nSPS) is 11.7. The second-order valence-electron chi connectivity index (χ2n) is 3.77. The van der Waals surface area contributed by atoms with Crippen LogP contribution in [0.25, 0.3) is 0 Å². The number of nitrogens with zero attached hydrogens (tertiary/aromatic N) is 2. The highest BCUT2D eigenvalue weighted by Gasteiger charge is 2.15. The van der Waals surface area contributed by atoms with Crippen molar-refractivity contribution < 1.29 is 0 Å². The number of thiol groups is 1. The van der Waals surface area contributed by atoms with E-state index in [4.69, 9.17) is 0 Å². The second-order valence-corrected chi connectivity index (χ2v) is 4.08. The summed E-state index contributed by atoms with van der Waals surface area (Å²) >= 11 is 4.13. The molecule has 0 aromatic carbocycles. The first kappa shape index (κ1) is 9.52. The highest BCUT2D eigenvalue weighted by Crippen LogP contribution is 2.19. The fourth-order valence-electron chi connectivity index (χ4n) is 0.893. The number of rotatable bonds is 1. The molecular weight excluding hydrogens is 168 g/mol. The maximum Gasteiger partial charge on any atom is 0.138 e. The van der Waals surface area contributed by atoms with Crippen molar-refractivity contribution in [1.29, 1.82) is 0 Å². The molecule has 2 nitrogen and oxygen atoms in total. The van der Waals surface area contributed by atoms with Crippen LogP contribution in [0.3, 0.4) is 0 Å². The Morgan fingerprint density at radius 2 is 2.08 bits per heavy atom. The van der Waals surface area contributed by atoms with E-state index in [-0.39, 0.29) is 5.41 Å². The summed E-state index contributed by atoms with van der Waals surface area (Å²) in [5, 5.41) is 0. The molecule has 12 heavy (non-hydrogen) atoms. The number of hydrogen-bond donors (Lipinski definition) is 1. The van der Waals surface area contributed by atoms with Gasteiger partial charge in [0, 0.05) is 17.3 Å². The first-order chi connectivity index (χ1) is 5.54. The van der Waals surface area contributed by atoms with E-state index in [0.717, 1.165) is 11.5 Å². The third-order valence-electron chi connectivity index (χ3n) is 1.62. The lowest BCUT2D eigenvalue weighted by molar-refractivity contribution is 0.564. The van der Waals surface area contributed by atoms with Gasteiger partial charge in [-0.3, -0.25) is 0 Å². The van der Waals surface area contributed by atoms with Crippen molar-refractivity contribution >= 4 is 12.6 Å². The summed E-state index contributed by atoms with van der Waals surface area (Å²) in [6.07, 6.45) is 1.79. The molecule has 66 valence electrons. The van der Waals surface area contributed by atoms with Crippen LogP contribution in [0.4, 0.5) is 0 Å². The Hall–Kier alpha value is -0.570. The average Bonchev–Trinajstić information content (AvgIpc) is 2.03. The van der Waals surface area contributed by atoms with Crippen LogP contribution in [0.15, 0.2) is 12.3 Å². The van der Waals surface area contributed by atoms with Gasteiger partial charge in [-0.2, -0.15) is 12.6 Å². The van der Waals surface area contributed by atoms with Crippen molar-refractivity contribution in [2.24, 2.45) is 0 Å². The van der Waals surface area contributed by atoms with E-state index in [1.165, 1.54) is 0 Å². The highest BCUT2D eigenvalue weighted by molar-refractivity contribution is 7.79. The van der Waals surface area contributed by atoms with E-state index in [9.17, 15) is 0 Å². The molecule has 0 aliphatic heterocycles. The van der Waals surface area contributed by atoms with Crippen molar-refractivity contribution in [1.82, 2.24) is 9.97 Å². The van der Waals surface area contributed by atoms with E-state index < -0.39 is 0 Å². The van der Waals surface area contributed by atoms with Gasteiger partial charge in [0.25, 0.3) is 0 Å². The molecule has 0 fully saturated rings. The van der Waals surface area contributed by atoms with Crippen LogP contribution in [-0.2, 0) is 11.2 Å². The molecule has 0 saturated heterocycles. The van der Waals surface area contributed by atoms with E-state index in [2.05, 4.69) is 43.4 Å². The topological polar surface area (TPSA) is 25.8 Å². The second kappa shape index (κ2) is 3.44. The van der Waals surface area contributed by atoms with Gasteiger partial charge < -0.3 is 0 Å². The Balaban J connectivity index is 3.02. The fraction of sp³-hybridized carbons (Fsp3) is 0.556. The third-order valence-corrected chi connectivity index (χ3v) is 1.90. The minimum Gasteiger partial charge on any atom is -0.240 e. The first-order valence-electron chi connectivity index (χ1n) is 3.97. The van der Waals surface area contributed by atoms with Gasteiger partial charge in [-0.1, -0.05) is 20.8 Å². The summed E-state index contributed by atoms with van der Waals surface area (Å²) in [7, 11) is 0. The lowest BCUT2D eigenvalue weighted by Crippen LogP contribution is -2.14. The predicted octanol–water partition coefficient (Wildman–Crippen LogP) is 2.20. The monoisotopic (exact) mass is 182 g/mol. The zero-order chi connectivity index (χ0) is 9.19. The summed E-state index contributed by atoms with van der Waals surface area (Å²) in [4.78, 5) is 8.46. The molecule has 0 unspecified atom stereocenters. The Labute approximate surface area is 78.9 Å². The molecule has 1 rings (SSSR count). The molecule has 0 spiro atoms. The standard InChI is InChI=1S/C9H14N2S/c1-9(2,3)7-4-5-10-8(6-12)11-7/h4-5,12H,6H2,1-3H3. The Bertz CT molecular complexity index is 265. The van der Waals surface area contributed by atoms with Crippen molar-refractivity contribution in [3.8, 4) is 0 Å². The van der Waals surface area contributed by atoms with Gasteiger partial charge in [0.1, 0.15) is 5.82 Å². The summed E-state index contributed by atoms with van der Waals surface area (Å²) in [5.74, 6) is 1.40. The van der Waals surface area contributed by atoms with E-state index in [0.29, 0.717) is 5.75 Å². The van der Waals surface area contributed by atoms with Crippen molar-refractivity contribution in [2.75, 3.05) is 0 Å². The van der Waals surface area contributed by atoms with Gasteiger partial charge in [0.15, 0.2) is 0 Å². The van der Waals surface area contributed by atoms with Crippen molar-refractivity contribution in [3.05, 3.63) is 23.8 Å². The van der Waals surface area contributed by atoms with E-state index in [1.54, 1.807) is 6.20 Å². The van der Waals surface area contributed by atoms with Crippen LogP contribution < -0.4 is 0 Å². The molecule has 1 aromatic heterocycles. The third kappa shape index (κ3) is 2.21. The minimum atomic E-state index is 0.0979. The molecular formula is C9H14N2S. The Kier molecular flexibility index (Phi) is 2.73. The first-order valence-corrected chi connectivity index (χ1v) is 4.60. The maximum absolute atomic E-state index is 4.38. The molecule has 0 saturated carbocycles. The van der Waals surface area contributed by atoms with Crippen LogP contribution >= 0.6 is 12.6 Å². The SMILES string of the molecule is CC(C)(C)c1ccnc(CS)n1. The van der Waals surface area contributed by atoms with Crippen LogP contribution in [0.2, 0.25) is 0 Å². The van der Waals surface area contributed by atoms with E-state index in [1.807, 2.05) is 6.07 Å². The lowest BCUT2D eigenvalue weighted by atomic mass is 9.92. The zero-order valence-electron chi connectivity index (χ0n) is 7.70. The fourth-order valence-corrected chi connectivity index (χ4v) is 1.05. The summed E-state index contributed by atoms with van der Waals surface area (Å²) in [6.45, 7) is 6.41. The van der Waals surface area contributed by atoms with Crippen molar-refractivity contribution in [2.45, 2.75) is 31.9 Å². The smallest absolute Gasteiger partial charge is 0.138 e. The molecule has 0 amide bonds. The summed E-state index contributed by atoms with van der Waals surface area (Å²) in [5.41, 5.74) is 1.17. The summed E-state index contributed by atoms with van der Waals surface area (Å²) < 4.78 is 0. The molecule has 0 aliphatic carbocycles. The predicted molar refractivity (Wildman–Crippen MR) is 53.4 cm³/mol. The van der Waals surface area contributed by atoms with Crippen molar-refractivity contribution in [3.63, 3.8) is 0 Å². The molecule has 0 radical (unpaired) electrons. The van der Waals surface area contributed by atoms with Gasteiger partial charge in [0.05, 0.1) is 5.75 Å². The van der Waals surface area contributed by atoms with Gasteiger partial charge in [-0.05, 0) is 6.07 Å². The molecule has 0 atom stereocenters. The minimum absolute atomic E-state index is 0.0979. The van der Waals surface area contributed by atoms with Crippen LogP contribution in [0.1, 0.15) is 32.3 Å². The highest BCUT2D eigenvalue weighted by atomic mass is 32.1. The number of hydrogen-bond acceptors (Lipinski definition) is 3. The lowest BCUT2D eigenvalue weighted by Gasteiger charge is -2.17. The Morgan fingerprint density at radius 1 is 1.42 bits per heavy atom. The van der Waals surface area contributed by atoms with Crippen LogP contribution in [0.5, 0.6) is 0 Å². The quantitative estimate of drug-likeness (QED) is 0.674. The summed E-state index contributed by atoms with van der Waals surface area (Å²) in [6, 6.07) is 1.95. The van der Waals surface area contributed by atoms with Gasteiger partial charge >= 0.3 is 0 Å². The van der Waals surface area contributed by atoms with Crippen LogP contribution in [0, 0.1) is 0 Å². The molecule has 0 bridgehead atoms. The van der Waals surface area contributed by atoms with Gasteiger partial charge in [-0.15, -0.1) is 0 Å². The van der Waals surface area contributed by atoms with Crippen LogP contribution in [-0.4, -0.2) is 9.97 Å². The van der Waals surface area contributed by atoms with Gasteiger partial charge in [-0.25, -0.2) is 9.97 Å². The maximum atomic E-state index is 4.38. The zero-order valence-corrected chi connectivity index (χ0v) is 8.60. The average molecular weight is 182 g/mol. The molecule has 3 heteroatoms. The molecule has 1 heterocycles. The van der Waals surface area contributed by atoms with E-state index >= 15 is 0 Å². The molecule has 1 aromatic rings.